The monoisotopic (exact) mass is 183 g/mol. The van der Waals surface area contributed by atoms with E-state index in [2.05, 4.69) is 25.5 Å². The van der Waals surface area contributed by atoms with Gasteiger partial charge in [0.05, 0.1) is 12.1 Å². The molecule has 13 heavy (non-hydrogen) atoms. The molecule has 1 aliphatic rings. The van der Waals surface area contributed by atoms with Gasteiger partial charge in [0.25, 0.3) is 0 Å². The Balaban J connectivity index is 1.91. The Morgan fingerprint density at radius 2 is 2.54 bits per heavy atom. The number of hydrogen-bond acceptors (Lipinski definition) is 5. The molecule has 0 amide bonds. The van der Waals surface area contributed by atoms with Crippen LogP contribution in [0.2, 0.25) is 0 Å². The van der Waals surface area contributed by atoms with Crippen LogP contribution in [0.5, 0.6) is 0 Å². The molecule has 2 rings (SSSR count). The molecule has 6 nitrogen and oxygen atoms in total. The average molecular weight is 183 g/mol. The molecule has 0 bridgehead atoms. The van der Waals surface area contributed by atoms with Crippen LogP contribution in [0.4, 0.5) is 0 Å². The molecule has 1 fully saturated rings. The van der Waals surface area contributed by atoms with E-state index in [0.717, 1.165) is 13.0 Å². The van der Waals surface area contributed by atoms with Crippen molar-refractivity contribution < 1.29 is 5.11 Å². The first-order valence-corrected chi connectivity index (χ1v) is 4.33. The number of nitrogens with one attached hydrogen (secondary N) is 1. The highest BCUT2D eigenvalue weighted by Gasteiger charge is 2.31. The van der Waals surface area contributed by atoms with E-state index in [0.29, 0.717) is 18.9 Å². The summed E-state index contributed by atoms with van der Waals surface area (Å²) in [6.07, 6.45) is 0.810. The van der Waals surface area contributed by atoms with Gasteiger partial charge in [0.1, 0.15) is 0 Å². The summed E-state index contributed by atoms with van der Waals surface area (Å²) in [5, 5.41) is 23.3. The summed E-state index contributed by atoms with van der Waals surface area (Å²) in [6.45, 7) is 4.08. The Kier molecular flexibility index (Phi) is 2.01. The van der Waals surface area contributed by atoms with Gasteiger partial charge >= 0.3 is 0 Å². The summed E-state index contributed by atoms with van der Waals surface area (Å²) in [6, 6.07) is 0. The third-order valence-corrected chi connectivity index (χ3v) is 2.29. The van der Waals surface area contributed by atoms with Crippen LogP contribution in [0.3, 0.4) is 0 Å². The zero-order valence-electron chi connectivity index (χ0n) is 7.56. The summed E-state index contributed by atoms with van der Waals surface area (Å²) >= 11 is 0. The fraction of sp³-hybridized carbons (Fsp3) is 0.857. The fourth-order valence-electron chi connectivity index (χ4n) is 1.62. The third kappa shape index (κ3) is 2.02. The summed E-state index contributed by atoms with van der Waals surface area (Å²) in [5.41, 5.74) is -0.552. The molecule has 0 spiro atoms. The molecule has 1 aromatic rings. The highest BCUT2D eigenvalue weighted by Crippen LogP contribution is 2.20. The second kappa shape index (κ2) is 3.04. The maximum absolute atomic E-state index is 9.69. The minimum absolute atomic E-state index is 0.552. The topological polar surface area (TPSA) is 77.9 Å². The van der Waals surface area contributed by atoms with E-state index in [1.165, 1.54) is 0 Å². The SMILES string of the molecule is CC1(O)CCN(Cc2nn[nH]n2)C1. The van der Waals surface area contributed by atoms with Crippen molar-refractivity contribution in [1.29, 1.82) is 0 Å². The molecule has 0 saturated carbocycles. The predicted molar refractivity (Wildman–Crippen MR) is 44.7 cm³/mol. The molecular weight excluding hydrogens is 170 g/mol. The molecule has 1 unspecified atom stereocenters. The van der Waals surface area contributed by atoms with Crippen molar-refractivity contribution in [3.05, 3.63) is 5.82 Å². The molecule has 2 heterocycles. The van der Waals surface area contributed by atoms with Crippen LogP contribution in [0.1, 0.15) is 19.2 Å². The Morgan fingerprint density at radius 3 is 3.08 bits per heavy atom. The second-order valence-corrected chi connectivity index (χ2v) is 3.79. The van der Waals surface area contributed by atoms with E-state index in [-0.39, 0.29) is 0 Å². The van der Waals surface area contributed by atoms with Crippen LogP contribution in [0, 0.1) is 0 Å². The smallest absolute Gasteiger partial charge is 0.188 e. The van der Waals surface area contributed by atoms with Crippen molar-refractivity contribution in [1.82, 2.24) is 25.5 Å². The van der Waals surface area contributed by atoms with Gasteiger partial charge in [0, 0.05) is 13.1 Å². The third-order valence-electron chi connectivity index (χ3n) is 2.29. The second-order valence-electron chi connectivity index (χ2n) is 3.79. The van der Waals surface area contributed by atoms with Gasteiger partial charge in [-0.05, 0) is 13.3 Å². The standard InChI is InChI=1S/C7H13N5O/c1-7(13)2-3-12(5-7)4-6-8-10-11-9-6/h13H,2-5H2,1H3,(H,8,9,10,11). The van der Waals surface area contributed by atoms with Crippen molar-refractivity contribution >= 4 is 0 Å². The molecule has 1 aromatic heterocycles. The number of H-pyrrole nitrogens is 1. The van der Waals surface area contributed by atoms with Crippen molar-refractivity contribution in [2.45, 2.75) is 25.5 Å². The molecular formula is C7H13N5O. The number of aromatic amines is 1. The van der Waals surface area contributed by atoms with Crippen LogP contribution in [0.15, 0.2) is 0 Å². The van der Waals surface area contributed by atoms with Gasteiger partial charge in [-0.15, -0.1) is 10.2 Å². The van der Waals surface area contributed by atoms with Gasteiger partial charge in [-0.1, -0.05) is 5.21 Å². The number of hydrogen-bond donors (Lipinski definition) is 2. The number of nitrogens with zero attached hydrogens (tertiary/aromatic N) is 4. The molecule has 0 aromatic carbocycles. The lowest BCUT2D eigenvalue weighted by atomic mass is 10.1. The first-order chi connectivity index (χ1) is 6.16. The highest BCUT2D eigenvalue weighted by atomic mass is 16.3. The van der Waals surface area contributed by atoms with Crippen LogP contribution >= 0.6 is 0 Å². The van der Waals surface area contributed by atoms with Crippen molar-refractivity contribution in [2.75, 3.05) is 13.1 Å². The number of tetrazole rings is 1. The summed E-state index contributed by atoms with van der Waals surface area (Å²) < 4.78 is 0. The molecule has 0 aliphatic carbocycles. The largest absolute Gasteiger partial charge is 0.389 e. The number of rotatable bonds is 2. The molecule has 6 heteroatoms. The average Bonchev–Trinajstić information content (AvgIpc) is 2.61. The van der Waals surface area contributed by atoms with Crippen molar-refractivity contribution in [3.63, 3.8) is 0 Å². The van der Waals surface area contributed by atoms with Crippen LogP contribution in [-0.4, -0.2) is 49.3 Å². The Morgan fingerprint density at radius 1 is 1.69 bits per heavy atom. The molecule has 1 saturated heterocycles. The van der Waals surface area contributed by atoms with E-state index in [1.807, 2.05) is 6.92 Å². The Bertz CT molecular complexity index is 270. The number of aromatic nitrogens is 4. The maximum Gasteiger partial charge on any atom is 0.188 e. The van der Waals surface area contributed by atoms with Gasteiger partial charge in [0.15, 0.2) is 5.82 Å². The lowest BCUT2D eigenvalue weighted by Gasteiger charge is -2.16. The zero-order valence-corrected chi connectivity index (χ0v) is 7.56. The fourth-order valence-corrected chi connectivity index (χ4v) is 1.62. The number of aliphatic hydroxyl groups is 1. The lowest BCUT2D eigenvalue weighted by Crippen LogP contribution is -2.29. The van der Waals surface area contributed by atoms with Crippen LogP contribution in [0.25, 0.3) is 0 Å². The minimum atomic E-state index is -0.552. The van der Waals surface area contributed by atoms with Crippen molar-refractivity contribution in [2.24, 2.45) is 0 Å². The Hall–Kier alpha value is -1.01. The first kappa shape index (κ1) is 8.58. The van der Waals surface area contributed by atoms with E-state index < -0.39 is 5.60 Å². The maximum atomic E-state index is 9.69. The molecule has 72 valence electrons. The van der Waals surface area contributed by atoms with Gasteiger partial charge in [-0.2, -0.15) is 5.21 Å². The summed E-state index contributed by atoms with van der Waals surface area (Å²) in [5.74, 6) is 0.678. The van der Waals surface area contributed by atoms with Crippen LogP contribution in [-0.2, 0) is 6.54 Å². The van der Waals surface area contributed by atoms with Gasteiger partial charge in [-0.3, -0.25) is 4.90 Å². The number of likely N-dealkylation sites (tertiary alicyclic amines) is 1. The Labute approximate surface area is 75.9 Å². The lowest BCUT2D eigenvalue weighted by molar-refractivity contribution is 0.0676. The first-order valence-electron chi connectivity index (χ1n) is 4.33. The van der Waals surface area contributed by atoms with Gasteiger partial charge in [-0.25, -0.2) is 0 Å². The van der Waals surface area contributed by atoms with E-state index in [4.69, 9.17) is 0 Å². The van der Waals surface area contributed by atoms with E-state index in [1.54, 1.807) is 0 Å². The number of β-amino-alcohol motifs (C(OH)–C–C–N with tert-alkyl or cyclic N) is 1. The molecule has 1 atom stereocenters. The zero-order chi connectivity index (χ0) is 9.31. The van der Waals surface area contributed by atoms with Gasteiger partial charge < -0.3 is 5.11 Å². The van der Waals surface area contributed by atoms with E-state index in [9.17, 15) is 5.11 Å². The summed E-state index contributed by atoms with van der Waals surface area (Å²) in [4.78, 5) is 2.12. The summed E-state index contributed by atoms with van der Waals surface area (Å²) in [7, 11) is 0. The van der Waals surface area contributed by atoms with Gasteiger partial charge in [0.2, 0.25) is 0 Å². The quantitative estimate of drug-likeness (QED) is 0.625. The minimum Gasteiger partial charge on any atom is -0.389 e. The highest BCUT2D eigenvalue weighted by molar-refractivity contribution is 4.88. The molecule has 0 radical (unpaired) electrons. The normalized spacial score (nSPS) is 29.7. The predicted octanol–water partition coefficient (Wildman–Crippen LogP) is -0.844. The molecule has 1 aliphatic heterocycles. The molecule has 2 N–H and O–H groups in total. The van der Waals surface area contributed by atoms with Crippen LogP contribution < -0.4 is 0 Å². The van der Waals surface area contributed by atoms with E-state index >= 15 is 0 Å². The van der Waals surface area contributed by atoms with Crippen molar-refractivity contribution in [3.8, 4) is 0 Å².